The molecule has 2 amide bonds. The predicted octanol–water partition coefficient (Wildman–Crippen LogP) is 3.03. The molecule has 0 fully saturated rings. The molecule has 2 heterocycles. The van der Waals surface area contributed by atoms with Crippen molar-refractivity contribution in [1.82, 2.24) is 20.2 Å². The molecule has 146 valence electrons. The van der Waals surface area contributed by atoms with Crippen molar-refractivity contribution in [2.45, 2.75) is 33.8 Å². The second-order valence-corrected chi connectivity index (χ2v) is 7.07. The van der Waals surface area contributed by atoms with Gasteiger partial charge in [0.25, 0.3) is 5.91 Å². The lowest BCUT2D eigenvalue weighted by atomic mass is 10.1. The number of carbonyl (C=O) groups is 2. The van der Waals surface area contributed by atoms with E-state index in [9.17, 15) is 9.59 Å². The molecule has 0 saturated carbocycles. The van der Waals surface area contributed by atoms with Gasteiger partial charge in [-0.25, -0.2) is 4.98 Å². The Kier molecular flexibility index (Phi) is 5.93. The lowest BCUT2D eigenvalue weighted by Crippen LogP contribution is -2.42. The number of hydrogen-bond acceptors (Lipinski definition) is 4. The third kappa shape index (κ3) is 4.88. The molecule has 7 heteroatoms. The van der Waals surface area contributed by atoms with Crippen LogP contribution < -0.4 is 15.6 Å². The van der Waals surface area contributed by atoms with Crippen molar-refractivity contribution in [3.63, 3.8) is 0 Å². The van der Waals surface area contributed by atoms with E-state index >= 15 is 0 Å². The maximum absolute atomic E-state index is 12.2. The van der Waals surface area contributed by atoms with Crippen LogP contribution in [0.15, 0.2) is 48.8 Å². The zero-order valence-electron chi connectivity index (χ0n) is 16.2. The maximum Gasteiger partial charge on any atom is 0.269 e. The van der Waals surface area contributed by atoms with Crippen molar-refractivity contribution in [1.29, 1.82) is 0 Å². The number of nitrogens with one attached hydrogen (secondary N) is 2. The van der Waals surface area contributed by atoms with Crippen molar-refractivity contribution >= 4 is 17.5 Å². The van der Waals surface area contributed by atoms with Crippen LogP contribution >= 0.6 is 0 Å². The summed E-state index contributed by atoms with van der Waals surface area (Å²) in [4.78, 5) is 28.4. The molecule has 7 nitrogen and oxygen atoms in total. The number of carbonyl (C=O) groups excluding carboxylic acids is 2. The van der Waals surface area contributed by atoms with Crippen molar-refractivity contribution < 1.29 is 14.3 Å². The second-order valence-electron chi connectivity index (χ2n) is 7.07. The van der Waals surface area contributed by atoms with Gasteiger partial charge in [-0.2, -0.15) is 0 Å². The number of benzene rings is 1. The number of imidazole rings is 1. The van der Waals surface area contributed by atoms with Gasteiger partial charge in [-0.05, 0) is 42.7 Å². The minimum Gasteiger partial charge on any atom is -0.487 e. The molecule has 0 saturated heterocycles. The lowest BCUT2D eigenvalue weighted by molar-refractivity contribution is -0.122. The minimum absolute atomic E-state index is 0.219. The first-order valence-corrected chi connectivity index (χ1v) is 9.17. The number of ether oxygens (including phenoxy) is 1. The van der Waals surface area contributed by atoms with E-state index in [0.717, 1.165) is 16.9 Å². The van der Waals surface area contributed by atoms with Crippen LogP contribution in [0, 0.1) is 12.8 Å². The summed E-state index contributed by atoms with van der Waals surface area (Å²) >= 11 is 0. The summed E-state index contributed by atoms with van der Waals surface area (Å²) in [5.41, 5.74) is 8.01. The third-order valence-electron chi connectivity index (χ3n) is 4.12. The third-order valence-corrected chi connectivity index (χ3v) is 4.12. The van der Waals surface area contributed by atoms with Gasteiger partial charge < -0.3 is 9.14 Å². The highest BCUT2D eigenvalue weighted by molar-refractivity contribution is 5.95. The van der Waals surface area contributed by atoms with E-state index in [0.29, 0.717) is 17.7 Å². The van der Waals surface area contributed by atoms with Crippen molar-refractivity contribution in [3.8, 4) is 5.75 Å². The molecular weight excluding hydrogens is 356 g/mol. The van der Waals surface area contributed by atoms with E-state index in [1.54, 1.807) is 24.3 Å². The molecule has 3 rings (SSSR count). The summed E-state index contributed by atoms with van der Waals surface area (Å²) < 4.78 is 7.74. The SMILES string of the molecule is Cc1cccn2cc(COc3cccc(C(=O)NNC(=O)CC(C)C)c3)nc12. The molecule has 0 aliphatic heterocycles. The van der Waals surface area contributed by atoms with E-state index in [4.69, 9.17) is 4.74 Å². The number of rotatable bonds is 6. The highest BCUT2D eigenvalue weighted by Gasteiger charge is 2.10. The number of pyridine rings is 1. The van der Waals surface area contributed by atoms with Crippen molar-refractivity contribution in [2.75, 3.05) is 0 Å². The molecule has 3 aromatic rings. The Bertz CT molecular complexity index is 994. The molecule has 0 aliphatic carbocycles. The van der Waals surface area contributed by atoms with E-state index in [-0.39, 0.29) is 18.4 Å². The van der Waals surface area contributed by atoms with Gasteiger partial charge in [0, 0.05) is 24.4 Å². The van der Waals surface area contributed by atoms with Crippen LogP contribution in [-0.2, 0) is 11.4 Å². The largest absolute Gasteiger partial charge is 0.487 e. The van der Waals surface area contributed by atoms with Crippen LogP contribution in [0.3, 0.4) is 0 Å². The number of nitrogens with zero attached hydrogens (tertiary/aromatic N) is 2. The molecule has 0 radical (unpaired) electrons. The van der Waals surface area contributed by atoms with Gasteiger partial charge in [0.05, 0.1) is 5.69 Å². The number of aryl methyl sites for hydroxylation is 1. The van der Waals surface area contributed by atoms with E-state index in [2.05, 4.69) is 15.8 Å². The zero-order valence-corrected chi connectivity index (χ0v) is 16.2. The Morgan fingerprint density at radius 3 is 2.75 bits per heavy atom. The summed E-state index contributed by atoms with van der Waals surface area (Å²) in [7, 11) is 0. The fourth-order valence-electron chi connectivity index (χ4n) is 2.78. The molecule has 28 heavy (non-hydrogen) atoms. The zero-order chi connectivity index (χ0) is 20.1. The van der Waals surface area contributed by atoms with Gasteiger partial charge in [-0.1, -0.05) is 26.0 Å². The molecule has 2 N–H and O–H groups in total. The number of hydrazine groups is 1. The van der Waals surface area contributed by atoms with E-state index < -0.39 is 5.91 Å². The highest BCUT2D eigenvalue weighted by atomic mass is 16.5. The maximum atomic E-state index is 12.2. The van der Waals surface area contributed by atoms with Gasteiger partial charge in [-0.3, -0.25) is 20.4 Å². The monoisotopic (exact) mass is 380 g/mol. The first-order chi connectivity index (χ1) is 13.4. The second kappa shape index (κ2) is 8.56. The molecular formula is C21H24N4O3. The van der Waals surface area contributed by atoms with Gasteiger partial charge in [0.2, 0.25) is 5.91 Å². The fourth-order valence-corrected chi connectivity index (χ4v) is 2.78. The van der Waals surface area contributed by atoms with Gasteiger partial charge in [0.1, 0.15) is 18.0 Å². The molecule has 1 aromatic carbocycles. The number of aromatic nitrogens is 2. The van der Waals surface area contributed by atoms with Gasteiger partial charge in [0.15, 0.2) is 0 Å². The van der Waals surface area contributed by atoms with E-state index in [1.807, 2.05) is 49.7 Å². The Hall–Kier alpha value is -3.35. The predicted molar refractivity (Wildman–Crippen MR) is 106 cm³/mol. The first-order valence-electron chi connectivity index (χ1n) is 9.17. The lowest BCUT2D eigenvalue weighted by Gasteiger charge is -2.10. The van der Waals surface area contributed by atoms with Crippen molar-refractivity contribution in [2.24, 2.45) is 5.92 Å². The summed E-state index contributed by atoms with van der Waals surface area (Å²) in [6.45, 7) is 6.17. The Morgan fingerprint density at radius 2 is 2.00 bits per heavy atom. The molecule has 0 spiro atoms. The Labute approximate surface area is 163 Å². The van der Waals surface area contributed by atoms with Crippen LogP contribution in [0.2, 0.25) is 0 Å². The highest BCUT2D eigenvalue weighted by Crippen LogP contribution is 2.16. The topological polar surface area (TPSA) is 84.7 Å². The number of hydrogen-bond donors (Lipinski definition) is 2. The normalized spacial score (nSPS) is 10.9. The molecule has 0 bridgehead atoms. The van der Waals surface area contributed by atoms with Crippen LogP contribution in [0.4, 0.5) is 0 Å². The summed E-state index contributed by atoms with van der Waals surface area (Å²) in [5, 5.41) is 0. The van der Waals surface area contributed by atoms with Crippen molar-refractivity contribution in [3.05, 3.63) is 65.6 Å². The van der Waals surface area contributed by atoms with E-state index in [1.165, 1.54) is 0 Å². The molecule has 2 aromatic heterocycles. The van der Waals surface area contributed by atoms with Gasteiger partial charge in [-0.15, -0.1) is 0 Å². The Balaban J connectivity index is 1.60. The molecule has 0 atom stereocenters. The average Bonchev–Trinajstić information content (AvgIpc) is 3.09. The molecule has 0 unspecified atom stereocenters. The summed E-state index contributed by atoms with van der Waals surface area (Å²) in [6, 6.07) is 10.8. The van der Waals surface area contributed by atoms with Crippen LogP contribution in [-0.4, -0.2) is 21.2 Å². The van der Waals surface area contributed by atoms with Crippen LogP contribution in [0.5, 0.6) is 5.75 Å². The van der Waals surface area contributed by atoms with Crippen LogP contribution in [0.25, 0.3) is 5.65 Å². The summed E-state index contributed by atoms with van der Waals surface area (Å²) in [6.07, 6.45) is 4.21. The first kappa shape index (κ1) is 19.4. The fraction of sp³-hybridized carbons (Fsp3) is 0.286. The average molecular weight is 380 g/mol. The summed E-state index contributed by atoms with van der Waals surface area (Å²) in [5.74, 6) is 0.149. The smallest absolute Gasteiger partial charge is 0.269 e. The molecule has 0 aliphatic rings. The quantitative estimate of drug-likeness (QED) is 0.644. The van der Waals surface area contributed by atoms with Crippen LogP contribution in [0.1, 0.15) is 41.9 Å². The Morgan fingerprint density at radius 1 is 1.18 bits per heavy atom. The number of fused-ring (bicyclic) bond motifs is 1. The number of amides is 2. The standard InChI is InChI=1S/C21H24N4O3/c1-14(2)10-19(26)23-24-21(27)16-7-4-8-18(11-16)28-13-17-12-25-9-5-6-15(3)20(25)22-17/h4-9,11-12,14H,10,13H2,1-3H3,(H,23,26)(H,24,27). The minimum atomic E-state index is -0.397. The van der Waals surface area contributed by atoms with Gasteiger partial charge >= 0.3 is 0 Å².